The number of ether oxygens (including phenoxy) is 1. The van der Waals surface area contributed by atoms with E-state index in [1.54, 1.807) is 11.8 Å². The Bertz CT molecular complexity index is 673. The second-order valence-electron chi connectivity index (χ2n) is 8.06. The molecule has 7 atom stereocenters. The molecule has 0 radical (unpaired) electrons. The Labute approximate surface area is 168 Å². The number of carbonyl (C=O) groups excluding carboxylic acids is 2. The van der Waals surface area contributed by atoms with Crippen LogP contribution in [0, 0.1) is 11.8 Å². The van der Waals surface area contributed by atoms with E-state index in [0.29, 0.717) is 18.1 Å². The van der Waals surface area contributed by atoms with Gasteiger partial charge in [-0.15, -0.1) is 0 Å². The Kier molecular flexibility index (Phi) is 5.43. The third-order valence-electron chi connectivity index (χ3n) is 6.51. The minimum Gasteiger partial charge on any atom is -0.465 e. The number of piperazine rings is 1. The molecular weight excluding hydrogens is 388 g/mol. The van der Waals surface area contributed by atoms with Crippen LogP contribution in [0.25, 0.3) is 0 Å². The number of esters is 1. The molecule has 3 saturated heterocycles. The van der Waals surface area contributed by atoms with E-state index in [1.165, 1.54) is 11.8 Å². The maximum absolute atomic E-state index is 15.7. The molecular formula is C19H27F2N3O3S. The largest absolute Gasteiger partial charge is 0.465 e. The first-order chi connectivity index (χ1) is 13.3. The lowest BCUT2D eigenvalue weighted by Gasteiger charge is -2.60. The van der Waals surface area contributed by atoms with E-state index in [2.05, 4.69) is 11.5 Å². The molecule has 28 heavy (non-hydrogen) atoms. The average Bonchev–Trinajstić information content (AvgIpc) is 2.64. The highest BCUT2D eigenvalue weighted by molar-refractivity contribution is 8.05. The number of nitrogens with zero attached hydrogens (tertiary/aromatic N) is 3. The minimum atomic E-state index is -1.51. The van der Waals surface area contributed by atoms with Crippen LogP contribution in [0.5, 0.6) is 0 Å². The Morgan fingerprint density at radius 2 is 1.93 bits per heavy atom. The van der Waals surface area contributed by atoms with Crippen molar-refractivity contribution in [1.82, 2.24) is 14.7 Å². The van der Waals surface area contributed by atoms with Crippen LogP contribution in [0.4, 0.5) is 8.78 Å². The number of hydrogen-bond donors (Lipinski definition) is 0. The molecule has 0 aromatic rings. The lowest BCUT2D eigenvalue weighted by Crippen LogP contribution is -2.72. The van der Waals surface area contributed by atoms with Crippen LogP contribution in [0.15, 0.2) is 11.6 Å². The van der Waals surface area contributed by atoms with Gasteiger partial charge >= 0.3 is 5.97 Å². The van der Waals surface area contributed by atoms with Crippen molar-refractivity contribution in [3.8, 4) is 0 Å². The van der Waals surface area contributed by atoms with Gasteiger partial charge in [0.1, 0.15) is 23.6 Å². The van der Waals surface area contributed by atoms with Gasteiger partial charge in [0.05, 0.1) is 23.7 Å². The summed E-state index contributed by atoms with van der Waals surface area (Å²) in [5.41, 5.74) is 0. The number of alkyl halides is 2. The molecule has 1 aliphatic carbocycles. The molecule has 156 valence electrons. The molecule has 3 aliphatic heterocycles. The van der Waals surface area contributed by atoms with E-state index in [0.717, 1.165) is 13.1 Å². The first-order valence-corrected chi connectivity index (χ1v) is 10.8. The molecule has 6 nitrogen and oxygen atoms in total. The third-order valence-corrected chi connectivity index (χ3v) is 7.74. The van der Waals surface area contributed by atoms with Crippen LogP contribution < -0.4 is 0 Å². The number of carbonyl (C=O) groups is 2. The van der Waals surface area contributed by atoms with Crippen LogP contribution in [0.1, 0.15) is 13.3 Å². The van der Waals surface area contributed by atoms with Gasteiger partial charge in [-0.25, -0.2) is 8.78 Å². The number of fused-ring (bicyclic) bond motifs is 3. The van der Waals surface area contributed by atoms with Gasteiger partial charge in [-0.05, 0) is 20.4 Å². The number of rotatable bonds is 3. The summed E-state index contributed by atoms with van der Waals surface area (Å²) < 4.78 is 35.9. The summed E-state index contributed by atoms with van der Waals surface area (Å²) in [7, 11) is 2.00. The van der Waals surface area contributed by atoms with Crippen molar-refractivity contribution < 1.29 is 23.1 Å². The van der Waals surface area contributed by atoms with Crippen molar-refractivity contribution in [2.75, 3.05) is 39.8 Å². The highest BCUT2D eigenvalue weighted by atomic mass is 32.2. The molecule has 3 heterocycles. The van der Waals surface area contributed by atoms with Crippen molar-refractivity contribution in [2.24, 2.45) is 11.8 Å². The van der Waals surface area contributed by atoms with Crippen LogP contribution in [0.3, 0.4) is 0 Å². The van der Waals surface area contributed by atoms with E-state index in [9.17, 15) is 9.59 Å². The van der Waals surface area contributed by atoms with Gasteiger partial charge in [0, 0.05) is 32.1 Å². The summed E-state index contributed by atoms with van der Waals surface area (Å²) >= 11 is 1.30. The topological polar surface area (TPSA) is 53.1 Å². The number of hydrogen-bond acceptors (Lipinski definition) is 7. The molecule has 4 aliphatic rings. The van der Waals surface area contributed by atoms with Crippen molar-refractivity contribution in [2.45, 2.75) is 43.1 Å². The van der Waals surface area contributed by atoms with Gasteiger partial charge in [0.25, 0.3) is 0 Å². The summed E-state index contributed by atoms with van der Waals surface area (Å²) in [5.74, 6) is -2.84. The molecule has 0 spiro atoms. The SMILES string of the molecule is C=C1SC2C(C(=O)OCC)C(=O)C3CC(F)C(N4CCN(C)CC4)C(F)C3N12. The molecule has 4 rings (SSSR count). The lowest BCUT2D eigenvalue weighted by atomic mass is 9.70. The average molecular weight is 416 g/mol. The number of halogens is 2. The second kappa shape index (κ2) is 7.57. The van der Waals surface area contributed by atoms with Crippen molar-refractivity contribution in [1.29, 1.82) is 0 Å². The first kappa shape index (κ1) is 20.1. The number of piperidine rings is 1. The summed E-state index contributed by atoms with van der Waals surface area (Å²) in [6.45, 7) is 8.54. The predicted molar refractivity (Wildman–Crippen MR) is 102 cm³/mol. The quantitative estimate of drug-likeness (QED) is 0.508. The zero-order valence-corrected chi connectivity index (χ0v) is 17.0. The van der Waals surface area contributed by atoms with Crippen LogP contribution in [0.2, 0.25) is 0 Å². The Morgan fingerprint density at radius 1 is 1.25 bits per heavy atom. The van der Waals surface area contributed by atoms with Gasteiger partial charge in [-0.1, -0.05) is 18.3 Å². The van der Waals surface area contributed by atoms with Crippen LogP contribution >= 0.6 is 11.8 Å². The molecule has 0 N–H and O–H groups in total. The fourth-order valence-electron chi connectivity index (χ4n) is 5.08. The van der Waals surface area contributed by atoms with E-state index < -0.39 is 47.6 Å². The number of likely N-dealkylation sites (N-methyl/N-ethyl adjacent to an activating group) is 1. The van der Waals surface area contributed by atoms with Crippen LogP contribution in [-0.4, -0.2) is 96.1 Å². The van der Waals surface area contributed by atoms with Gasteiger partial charge in [0.15, 0.2) is 5.78 Å². The first-order valence-electron chi connectivity index (χ1n) is 9.90. The zero-order valence-electron chi connectivity index (χ0n) is 16.2. The monoisotopic (exact) mass is 415 g/mol. The van der Waals surface area contributed by atoms with E-state index in [4.69, 9.17) is 4.74 Å². The maximum Gasteiger partial charge on any atom is 0.319 e. The van der Waals surface area contributed by atoms with E-state index in [-0.39, 0.29) is 18.8 Å². The van der Waals surface area contributed by atoms with E-state index in [1.807, 2.05) is 11.9 Å². The third kappa shape index (κ3) is 3.06. The molecule has 0 amide bonds. The van der Waals surface area contributed by atoms with Gasteiger partial charge in [-0.3, -0.25) is 14.5 Å². The maximum atomic E-state index is 15.7. The smallest absolute Gasteiger partial charge is 0.319 e. The minimum absolute atomic E-state index is 0.0575. The second-order valence-corrected chi connectivity index (χ2v) is 9.25. The molecule has 0 aromatic carbocycles. The van der Waals surface area contributed by atoms with E-state index >= 15 is 8.78 Å². The zero-order chi connectivity index (χ0) is 20.2. The summed E-state index contributed by atoms with van der Waals surface area (Å²) in [6, 6.07) is -1.62. The van der Waals surface area contributed by atoms with Gasteiger partial charge in [-0.2, -0.15) is 0 Å². The van der Waals surface area contributed by atoms with Crippen molar-refractivity contribution in [3.63, 3.8) is 0 Å². The number of ketones is 1. The summed E-state index contributed by atoms with van der Waals surface area (Å²) in [4.78, 5) is 31.2. The lowest BCUT2D eigenvalue weighted by molar-refractivity contribution is -0.164. The predicted octanol–water partition coefficient (Wildman–Crippen LogP) is 1.28. The number of thioether (sulfide) groups is 1. The molecule has 7 unspecified atom stereocenters. The summed E-state index contributed by atoms with van der Waals surface area (Å²) in [5, 5.41) is 0.140. The molecule has 0 aromatic heterocycles. The van der Waals surface area contributed by atoms with Crippen molar-refractivity contribution >= 4 is 23.5 Å². The normalized spacial score (nSPS) is 41.9. The fraction of sp³-hybridized carbons (Fsp3) is 0.789. The molecule has 0 bridgehead atoms. The summed E-state index contributed by atoms with van der Waals surface area (Å²) in [6.07, 6.45) is -3.01. The van der Waals surface area contributed by atoms with Crippen molar-refractivity contribution in [3.05, 3.63) is 11.6 Å². The Balaban J connectivity index is 1.60. The standard InChI is InChI=1S/C19H27F2N3O3S/c1-4-27-19(26)13-17(25)11-9-12(20)16(23-7-5-22(3)6-8-23)14(21)15(11)24-10(2)28-18(13)24/h11-16,18H,2,4-9H2,1,3H3. The Morgan fingerprint density at radius 3 is 2.54 bits per heavy atom. The van der Waals surface area contributed by atoms with Gasteiger partial charge < -0.3 is 14.5 Å². The molecule has 4 fully saturated rings. The Hall–Kier alpha value is -1.19. The van der Waals surface area contributed by atoms with Crippen LogP contribution in [-0.2, 0) is 14.3 Å². The fourth-order valence-corrected chi connectivity index (χ4v) is 6.31. The van der Waals surface area contributed by atoms with Gasteiger partial charge in [0.2, 0.25) is 0 Å². The molecule has 9 heteroatoms. The number of Topliss-reactive ketones (excluding diaryl/α,β-unsaturated/α-hetero) is 1. The highest BCUT2D eigenvalue weighted by Crippen LogP contribution is 2.54. The molecule has 1 saturated carbocycles. The highest BCUT2D eigenvalue weighted by Gasteiger charge is 2.63.